The average Bonchev–Trinajstić information content (AvgIpc) is 0.834. The van der Waals surface area contributed by atoms with Gasteiger partial charge in [0.15, 0.2) is 0 Å². The van der Waals surface area contributed by atoms with E-state index in [1.165, 1.54) is 27.5 Å². The van der Waals surface area contributed by atoms with Gasteiger partial charge in [-0.05, 0) is 236 Å². The van der Waals surface area contributed by atoms with Crippen molar-refractivity contribution in [3.05, 3.63) is 89.5 Å². The predicted octanol–water partition coefficient (Wildman–Crippen LogP) is 14.0. The number of hydrogen-bond acceptors (Lipinski definition) is 28. The van der Waals surface area contributed by atoms with Gasteiger partial charge in [-0.3, -0.25) is 0 Å². The first-order valence-corrected chi connectivity index (χ1v) is 49.4. The number of carbonyl (C=O) groups excluding carboxylic acids is 6. The molecule has 6 amide bonds. The normalized spacial score (nSPS) is 18.1. The third-order valence-corrected chi connectivity index (χ3v) is 25.1. The monoisotopic (exact) mass is 1890 g/mol. The molecule has 8 aliphatic heterocycles. The van der Waals surface area contributed by atoms with E-state index in [2.05, 4.69) is 62.7 Å². The Balaban J connectivity index is 0.000000202. The van der Waals surface area contributed by atoms with Crippen LogP contribution in [0.4, 0.5) is 28.8 Å². The highest BCUT2D eigenvalue weighted by Gasteiger charge is 2.33. The first-order chi connectivity index (χ1) is 60.7. The summed E-state index contributed by atoms with van der Waals surface area (Å²) in [6.45, 7) is 38.5. The Morgan fingerprint density at radius 2 is 0.609 bits per heavy atom. The quantitative estimate of drug-likeness (QED) is 0.0622. The van der Waals surface area contributed by atoms with Crippen LogP contribution in [-0.4, -0.2) is 311 Å². The number of halogens is 1. The van der Waals surface area contributed by atoms with E-state index in [1.807, 2.05) is 113 Å². The fraction of sp³-hybridized carbons (Fsp3) is 0.685. The molecule has 0 atom stereocenters. The van der Waals surface area contributed by atoms with Crippen molar-refractivity contribution in [3.63, 3.8) is 0 Å². The van der Waals surface area contributed by atoms with Crippen LogP contribution in [0.1, 0.15) is 204 Å². The number of rotatable bonds is 23. The Morgan fingerprint density at radius 1 is 0.352 bits per heavy atom. The number of sulfonamides is 2. The van der Waals surface area contributed by atoms with Crippen LogP contribution in [0.15, 0.2) is 72.4 Å². The van der Waals surface area contributed by atoms with Crippen molar-refractivity contribution in [1.29, 1.82) is 0 Å². The van der Waals surface area contributed by atoms with Gasteiger partial charge in [0.25, 0.3) is 0 Å². The van der Waals surface area contributed by atoms with Gasteiger partial charge < -0.3 is 76.8 Å². The van der Waals surface area contributed by atoms with E-state index in [4.69, 9.17) is 47.4 Å². The van der Waals surface area contributed by atoms with Crippen LogP contribution in [-0.2, 0) is 48.5 Å². The predicted molar refractivity (Wildman–Crippen MR) is 486 cm³/mol. The lowest BCUT2D eigenvalue weighted by Crippen LogP contribution is -2.40. The maximum atomic E-state index is 12.2. The minimum atomic E-state index is -3.17. The molecule has 0 aromatic carbocycles. The van der Waals surface area contributed by atoms with E-state index in [-0.39, 0.29) is 67.1 Å². The molecule has 128 heavy (non-hydrogen) atoms. The van der Waals surface area contributed by atoms with E-state index in [9.17, 15) is 45.6 Å². The number of carbonyl (C=O) groups is 6. The summed E-state index contributed by atoms with van der Waals surface area (Å²) >= 11 is 3.23. The molecule has 0 spiro atoms. The molecule has 36 nitrogen and oxygen atoms in total. The summed E-state index contributed by atoms with van der Waals surface area (Å²) in [5, 5.41) is 0. The fourth-order valence-corrected chi connectivity index (χ4v) is 16.4. The van der Waals surface area contributed by atoms with Gasteiger partial charge in [0.1, 0.15) is 10.2 Å². The van der Waals surface area contributed by atoms with E-state index in [1.54, 1.807) is 74.1 Å². The topological polar surface area (TPSA) is 392 Å². The standard InChI is InChI=1S/C24H36N4O5.2C20H30N4O5S.C14H20BrN3O3.C11H21NO2/c1-17(2)32-22(29)27-10-6-18(7-11-27)16-31-21-15-25-20(14-26-21)19-8-12-28(13-9-19)23(30)33-24(3,4)5;2*1-15(2)29-20(25)23-8-4-16(5-9-23)14-28-19-13-21-18(12-22-19)17-6-10-24(11-7-17)30(3,26)27;1-10(2)21-14(19)18-5-3-11(4-6-18)9-20-13-8-16-12(15)7-17-13;1-4-10-5-7-12(8-6-10)11(13)14-9(2)3/h8,14-15,17-18H,6-7,9-13,16H2,1-5H3;2*6,12-13,15-16H,4-5,7-11,14H2,1-3H3;7-8,10-11H,3-6,9H2,1-2H3;9-10H,4-8H2,1-3H3. The Labute approximate surface area is 764 Å². The van der Waals surface area contributed by atoms with Gasteiger partial charge >= 0.3 is 36.6 Å². The van der Waals surface area contributed by atoms with Crippen molar-refractivity contribution in [2.75, 3.05) is 144 Å². The van der Waals surface area contributed by atoms with Crippen molar-refractivity contribution in [3.8, 4) is 23.5 Å². The van der Waals surface area contributed by atoms with Gasteiger partial charge in [0.2, 0.25) is 43.6 Å². The van der Waals surface area contributed by atoms with Crippen LogP contribution in [0.5, 0.6) is 23.5 Å². The zero-order valence-corrected chi connectivity index (χ0v) is 80.9. The molecule has 0 unspecified atom stereocenters. The minimum absolute atomic E-state index is 0.00796. The number of ether oxygens (including phenoxy) is 10. The molecule has 4 aromatic rings. The van der Waals surface area contributed by atoms with Crippen LogP contribution in [0.2, 0.25) is 0 Å². The first kappa shape index (κ1) is 104. The van der Waals surface area contributed by atoms with Crippen LogP contribution < -0.4 is 18.9 Å². The van der Waals surface area contributed by atoms with Crippen LogP contribution in [0.25, 0.3) is 16.7 Å². The molecular formula is C89H137BrN16O20S2. The summed E-state index contributed by atoms with van der Waals surface area (Å²) in [6.07, 6.45) is 32.0. The highest BCUT2D eigenvalue weighted by Crippen LogP contribution is 2.30. The molecule has 39 heteroatoms. The summed E-state index contributed by atoms with van der Waals surface area (Å²) in [4.78, 5) is 116. The Hall–Kier alpha value is -9.34. The number of hydrogen-bond donors (Lipinski definition) is 0. The summed E-state index contributed by atoms with van der Waals surface area (Å²) in [7, 11) is -6.33. The lowest BCUT2D eigenvalue weighted by Gasteiger charge is -2.31. The minimum Gasteiger partial charge on any atom is -0.476 e. The molecule has 0 radical (unpaired) electrons. The molecule has 12 heterocycles. The maximum absolute atomic E-state index is 12.2. The summed E-state index contributed by atoms with van der Waals surface area (Å²) in [6, 6.07) is 0. The zero-order chi connectivity index (χ0) is 93.3. The summed E-state index contributed by atoms with van der Waals surface area (Å²) < 4.78 is 105. The highest BCUT2D eigenvalue weighted by molar-refractivity contribution is 9.10. The second-order valence-electron chi connectivity index (χ2n) is 35.5. The largest absolute Gasteiger partial charge is 0.476 e. The van der Waals surface area contributed by atoms with Gasteiger partial charge in [0.05, 0.1) is 136 Å². The molecule has 5 fully saturated rings. The summed E-state index contributed by atoms with van der Waals surface area (Å²) in [5.41, 5.74) is 4.83. The number of aromatic nitrogens is 8. The number of nitrogens with zero attached hydrogens (tertiary/aromatic N) is 16. The van der Waals surface area contributed by atoms with Crippen LogP contribution >= 0.6 is 15.9 Å². The van der Waals surface area contributed by atoms with E-state index < -0.39 is 25.6 Å². The van der Waals surface area contributed by atoms with E-state index in [0.717, 1.165) is 117 Å². The molecule has 0 N–H and O–H groups in total. The average molecular weight is 1900 g/mol. The van der Waals surface area contributed by atoms with Gasteiger partial charge in [-0.2, -0.15) is 8.61 Å². The Kier molecular flexibility index (Phi) is 41.7. The first-order valence-electron chi connectivity index (χ1n) is 44.9. The maximum Gasteiger partial charge on any atom is 0.410 e. The molecule has 4 aromatic heterocycles. The Bertz CT molecular complexity index is 4310. The summed E-state index contributed by atoms with van der Waals surface area (Å²) in [5.74, 6) is 4.28. The molecule has 0 saturated carbocycles. The lowest BCUT2D eigenvalue weighted by molar-refractivity contribution is 0.0269. The molecule has 8 aliphatic rings. The molecule has 0 bridgehead atoms. The van der Waals surface area contributed by atoms with Crippen molar-refractivity contribution in [2.24, 2.45) is 29.6 Å². The molecule has 12 rings (SSSR count). The smallest absolute Gasteiger partial charge is 0.410 e. The van der Waals surface area contributed by atoms with Crippen molar-refractivity contribution in [2.45, 2.75) is 223 Å². The molecular weight excluding hydrogens is 1760 g/mol. The third-order valence-electron chi connectivity index (χ3n) is 22.1. The van der Waals surface area contributed by atoms with E-state index in [0.29, 0.717) is 189 Å². The SMILES string of the molecule is CC(C)OC(=O)N1CCC(COc2cnc(Br)cn2)CC1.CC(C)OC(=O)N1CCC(COc2cnc(C3=CCN(C(=O)OC(C)(C)C)CC3)cn2)CC1.CC(C)OC(=O)N1CCC(COc2cnc(C3=CCN(S(C)(=O)=O)CC3)cn2)CC1.CC(C)OC(=O)N1CCC(COc2cnc(C3=CCN(S(C)(=O)=O)CC3)cn2)CC1.CCC1CCN(C(=O)OC(C)C)CC1. The number of likely N-dealkylation sites (tertiary alicyclic amines) is 5. The third kappa shape index (κ3) is 36.9. The molecule has 0 aliphatic carbocycles. The number of piperidine rings is 5. The van der Waals surface area contributed by atoms with Crippen LogP contribution in [0.3, 0.4) is 0 Å². The van der Waals surface area contributed by atoms with Gasteiger partial charge in [-0.1, -0.05) is 31.6 Å². The fourth-order valence-electron chi connectivity index (χ4n) is 14.7. The number of amides is 6. The second-order valence-corrected chi connectivity index (χ2v) is 40.2. The van der Waals surface area contributed by atoms with Crippen molar-refractivity contribution < 1.29 is 93.0 Å². The van der Waals surface area contributed by atoms with Gasteiger partial charge in [0, 0.05) is 105 Å². The van der Waals surface area contributed by atoms with Crippen molar-refractivity contribution in [1.82, 2.24) is 77.9 Å². The van der Waals surface area contributed by atoms with E-state index >= 15 is 0 Å². The highest BCUT2D eigenvalue weighted by atomic mass is 79.9. The van der Waals surface area contributed by atoms with Crippen molar-refractivity contribution >= 4 is 89.3 Å². The zero-order valence-electron chi connectivity index (χ0n) is 77.7. The van der Waals surface area contributed by atoms with Crippen LogP contribution in [0, 0.1) is 29.6 Å². The lowest BCUT2D eigenvalue weighted by atomic mass is 9.95. The molecule has 5 saturated heterocycles. The molecule has 712 valence electrons. The van der Waals surface area contributed by atoms with Gasteiger partial charge in [-0.25, -0.2) is 85.5 Å². The second kappa shape index (κ2) is 51.3. The van der Waals surface area contributed by atoms with Gasteiger partial charge in [-0.15, -0.1) is 0 Å². The Morgan fingerprint density at radius 3 is 0.812 bits per heavy atom.